The normalized spacial score (nSPS) is 10.4. The lowest BCUT2D eigenvalue weighted by atomic mass is 10.3. The molecule has 0 bridgehead atoms. The van der Waals surface area contributed by atoms with Crippen molar-refractivity contribution >= 4 is 5.97 Å². The van der Waals surface area contributed by atoms with Gasteiger partial charge in [-0.1, -0.05) is 28.2 Å². The Balaban J connectivity index is 2.16. The van der Waals surface area contributed by atoms with E-state index in [4.69, 9.17) is 4.74 Å². The van der Waals surface area contributed by atoms with Gasteiger partial charge in [-0.25, -0.2) is 14.1 Å². The van der Waals surface area contributed by atoms with Crippen molar-refractivity contribution < 1.29 is 14.2 Å². The van der Waals surface area contributed by atoms with E-state index >= 15 is 0 Å². The molecule has 2 aromatic rings. The second-order valence-corrected chi connectivity index (χ2v) is 3.86. The van der Waals surface area contributed by atoms with Gasteiger partial charge in [0.25, 0.3) is 0 Å². The van der Waals surface area contributed by atoms with Gasteiger partial charge < -0.3 is 4.74 Å². The largest absolute Gasteiger partial charge is 0.457 e. The fourth-order valence-corrected chi connectivity index (χ4v) is 1.44. The summed E-state index contributed by atoms with van der Waals surface area (Å²) in [7, 11) is 0. The number of carbonyl (C=O) groups is 1. The number of hydrogen-bond acceptors (Lipinski definition) is 7. The van der Waals surface area contributed by atoms with E-state index in [0.717, 1.165) is 0 Å². The van der Waals surface area contributed by atoms with Gasteiger partial charge >= 0.3 is 5.97 Å². The molecule has 0 radical (unpaired) electrons. The Morgan fingerprint density at radius 1 is 1.47 bits per heavy atom. The molecule has 0 spiro atoms. The van der Waals surface area contributed by atoms with Gasteiger partial charge in [0.2, 0.25) is 0 Å². The molecular weight excluding hydrogens is 250 g/mol. The molecule has 0 fully saturated rings. The molecular formula is C11H13N5O3. The minimum absolute atomic E-state index is 0.136. The van der Waals surface area contributed by atoms with Crippen LogP contribution in [0.3, 0.4) is 0 Å². The summed E-state index contributed by atoms with van der Waals surface area (Å²) in [6.45, 7) is 7.45. The number of aromatic nitrogens is 5. The number of rotatable bonds is 5. The van der Waals surface area contributed by atoms with Crippen LogP contribution in [0, 0.1) is 13.8 Å². The molecule has 0 aliphatic rings. The Bertz CT molecular complexity index is 601. The van der Waals surface area contributed by atoms with Crippen LogP contribution in [0.25, 0.3) is 0 Å². The number of esters is 1. The van der Waals surface area contributed by atoms with Crippen molar-refractivity contribution in [2.45, 2.75) is 20.4 Å². The standard InChI is InChI=1S/C11H13N5O3/c1-4-5-18-11(17)10-8(3)16(15-12-10)6-9-7(2)13-19-14-9/h4H,1,5-6H2,2-3H3. The van der Waals surface area contributed by atoms with Crippen molar-refractivity contribution in [3.63, 3.8) is 0 Å². The summed E-state index contributed by atoms with van der Waals surface area (Å²) in [5.74, 6) is -0.529. The van der Waals surface area contributed by atoms with Gasteiger partial charge in [-0.3, -0.25) is 0 Å². The minimum atomic E-state index is -0.529. The zero-order chi connectivity index (χ0) is 13.8. The molecule has 0 saturated carbocycles. The number of aryl methyl sites for hydroxylation is 1. The summed E-state index contributed by atoms with van der Waals surface area (Å²) in [4.78, 5) is 11.7. The zero-order valence-corrected chi connectivity index (χ0v) is 10.7. The predicted molar refractivity (Wildman–Crippen MR) is 63.4 cm³/mol. The quantitative estimate of drug-likeness (QED) is 0.577. The summed E-state index contributed by atoms with van der Waals surface area (Å²) >= 11 is 0. The first-order valence-corrected chi connectivity index (χ1v) is 5.59. The first kappa shape index (κ1) is 12.9. The summed E-state index contributed by atoms with van der Waals surface area (Å²) in [5, 5.41) is 15.1. The van der Waals surface area contributed by atoms with Crippen molar-refractivity contribution in [1.29, 1.82) is 0 Å². The van der Waals surface area contributed by atoms with E-state index in [1.165, 1.54) is 10.8 Å². The maximum atomic E-state index is 11.7. The highest BCUT2D eigenvalue weighted by molar-refractivity contribution is 5.88. The third-order valence-corrected chi connectivity index (χ3v) is 2.55. The molecule has 8 nitrogen and oxygen atoms in total. The fraction of sp³-hybridized carbons (Fsp3) is 0.364. The fourth-order valence-electron chi connectivity index (χ4n) is 1.44. The minimum Gasteiger partial charge on any atom is -0.457 e. The topological polar surface area (TPSA) is 95.9 Å². The van der Waals surface area contributed by atoms with E-state index in [9.17, 15) is 4.79 Å². The molecule has 0 aliphatic carbocycles. The molecule has 8 heteroatoms. The first-order chi connectivity index (χ1) is 9.13. The summed E-state index contributed by atoms with van der Waals surface area (Å²) in [6.07, 6.45) is 1.49. The van der Waals surface area contributed by atoms with Gasteiger partial charge in [-0.15, -0.1) is 5.10 Å². The van der Waals surface area contributed by atoms with Crippen LogP contribution in [0.2, 0.25) is 0 Å². The Labute approximate surface area is 109 Å². The summed E-state index contributed by atoms with van der Waals surface area (Å²) in [6, 6.07) is 0. The van der Waals surface area contributed by atoms with Gasteiger partial charge in [0.05, 0.1) is 12.2 Å². The molecule has 2 aromatic heterocycles. The van der Waals surface area contributed by atoms with Gasteiger partial charge in [-0.05, 0) is 13.8 Å². The van der Waals surface area contributed by atoms with Crippen LogP contribution in [0.15, 0.2) is 17.3 Å². The molecule has 0 atom stereocenters. The van der Waals surface area contributed by atoms with Gasteiger partial charge in [0, 0.05) is 0 Å². The van der Waals surface area contributed by atoms with Crippen LogP contribution in [-0.4, -0.2) is 37.9 Å². The smallest absolute Gasteiger partial charge is 0.361 e. The summed E-state index contributed by atoms with van der Waals surface area (Å²) < 4.78 is 11.1. The first-order valence-electron chi connectivity index (χ1n) is 5.59. The Morgan fingerprint density at radius 2 is 2.26 bits per heavy atom. The van der Waals surface area contributed by atoms with E-state index in [1.807, 2.05) is 0 Å². The van der Waals surface area contributed by atoms with Crippen molar-refractivity contribution in [2.75, 3.05) is 6.61 Å². The maximum absolute atomic E-state index is 11.7. The number of nitrogens with zero attached hydrogens (tertiary/aromatic N) is 5. The van der Waals surface area contributed by atoms with Crippen molar-refractivity contribution in [3.8, 4) is 0 Å². The molecule has 2 rings (SSSR count). The van der Waals surface area contributed by atoms with Crippen LogP contribution < -0.4 is 0 Å². The third kappa shape index (κ3) is 2.67. The highest BCUT2D eigenvalue weighted by Gasteiger charge is 2.18. The van der Waals surface area contributed by atoms with E-state index in [-0.39, 0.29) is 12.3 Å². The van der Waals surface area contributed by atoms with E-state index in [0.29, 0.717) is 23.6 Å². The lowest BCUT2D eigenvalue weighted by Gasteiger charge is -2.01. The third-order valence-electron chi connectivity index (χ3n) is 2.55. The van der Waals surface area contributed by atoms with Gasteiger partial charge in [0.1, 0.15) is 18.0 Å². The van der Waals surface area contributed by atoms with Crippen LogP contribution in [0.5, 0.6) is 0 Å². The average molecular weight is 263 g/mol. The monoisotopic (exact) mass is 263 g/mol. The average Bonchev–Trinajstić information content (AvgIpc) is 2.95. The second kappa shape index (κ2) is 5.42. The van der Waals surface area contributed by atoms with Crippen molar-refractivity contribution in [1.82, 2.24) is 25.3 Å². The maximum Gasteiger partial charge on any atom is 0.361 e. The molecule has 2 heterocycles. The second-order valence-electron chi connectivity index (χ2n) is 3.86. The van der Waals surface area contributed by atoms with Crippen molar-refractivity contribution in [2.24, 2.45) is 0 Å². The molecule has 0 saturated heterocycles. The molecule has 0 aromatic carbocycles. The Morgan fingerprint density at radius 3 is 2.89 bits per heavy atom. The van der Waals surface area contributed by atoms with Crippen LogP contribution in [-0.2, 0) is 11.3 Å². The SMILES string of the molecule is C=CCOC(=O)c1nnn(Cc2nonc2C)c1C. The lowest BCUT2D eigenvalue weighted by Crippen LogP contribution is -2.09. The summed E-state index contributed by atoms with van der Waals surface area (Å²) in [5.41, 5.74) is 2.08. The van der Waals surface area contributed by atoms with Crippen LogP contribution in [0.1, 0.15) is 27.6 Å². The highest BCUT2D eigenvalue weighted by Crippen LogP contribution is 2.09. The van der Waals surface area contributed by atoms with E-state index in [1.54, 1.807) is 13.8 Å². The molecule has 0 aliphatic heterocycles. The molecule has 0 N–H and O–H groups in total. The Hall–Kier alpha value is -2.51. The predicted octanol–water partition coefficient (Wildman–Crippen LogP) is 0.669. The Kier molecular flexibility index (Phi) is 3.69. The molecule has 0 unspecified atom stereocenters. The highest BCUT2D eigenvalue weighted by atomic mass is 16.6. The van der Waals surface area contributed by atoms with E-state index < -0.39 is 5.97 Å². The number of carbonyl (C=O) groups excluding carboxylic acids is 1. The molecule has 19 heavy (non-hydrogen) atoms. The zero-order valence-electron chi connectivity index (χ0n) is 10.7. The molecule has 100 valence electrons. The van der Waals surface area contributed by atoms with E-state index in [2.05, 4.69) is 31.8 Å². The van der Waals surface area contributed by atoms with Gasteiger partial charge in [0.15, 0.2) is 5.69 Å². The van der Waals surface area contributed by atoms with Crippen LogP contribution in [0.4, 0.5) is 0 Å². The van der Waals surface area contributed by atoms with Crippen LogP contribution >= 0.6 is 0 Å². The lowest BCUT2D eigenvalue weighted by molar-refractivity contribution is 0.0542. The molecule has 0 amide bonds. The number of hydrogen-bond donors (Lipinski definition) is 0. The number of ether oxygens (including phenoxy) is 1. The van der Waals surface area contributed by atoms with Gasteiger partial charge in [-0.2, -0.15) is 0 Å². The van der Waals surface area contributed by atoms with Crippen molar-refractivity contribution in [3.05, 3.63) is 35.4 Å².